The number of carbonyl (C=O) groups is 4. The monoisotopic (exact) mass is 537 g/mol. The molecule has 3 amide bonds. The Labute approximate surface area is 231 Å². The van der Waals surface area contributed by atoms with Crippen molar-refractivity contribution >= 4 is 23.5 Å². The summed E-state index contributed by atoms with van der Waals surface area (Å²) in [5, 5.41) is 8.39. The normalized spacial score (nSPS) is 14.1. The maximum Gasteiger partial charge on any atom is 0.243 e. The number of nitrogens with two attached hydrogens (primary N) is 2. The van der Waals surface area contributed by atoms with Crippen LogP contribution in [0.3, 0.4) is 0 Å². The van der Waals surface area contributed by atoms with E-state index in [0.29, 0.717) is 32.2 Å². The molecule has 0 heterocycles. The van der Waals surface area contributed by atoms with E-state index in [-0.39, 0.29) is 18.1 Å². The second kappa shape index (κ2) is 16.4. The highest BCUT2D eigenvalue weighted by atomic mass is 16.2. The molecule has 2 aromatic carbocycles. The number of ketones is 1. The van der Waals surface area contributed by atoms with Crippen molar-refractivity contribution in [3.8, 4) is 0 Å². The van der Waals surface area contributed by atoms with Crippen molar-refractivity contribution < 1.29 is 19.2 Å². The number of hydrogen-bond acceptors (Lipinski definition) is 6. The van der Waals surface area contributed by atoms with E-state index >= 15 is 0 Å². The first kappa shape index (κ1) is 31.7. The molecule has 9 heteroatoms. The van der Waals surface area contributed by atoms with Gasteiger partial charge in [-0.05, 0) is 56.2 Å². The molecule has 0 unspecified atom stereocenters. The first-order chi connectivity index (χ1) is 18.6. The highest BCUT2D eigenvalue weighted by molar-refractivity contribution is 5.94. The van der Waals surface area contributed by atoms with Crippen LogP contribution in [0.4, 0.5) is 0 Å². The van der Waals surface area contributed by atoms with Gasteiger partial charge in [0.05, 0.1) is 12.1 Å². The summed E-state index contributed by atoms with van der Waals surface area (Å²) in [5.74, 6) is -1.49. The van der Waals surface area contributed by atoms with Gasteiger partial charge in [-0.3, -0.25) is 19.2 Å². The standard InChI is InChI=1S/C30H43N5O4/c1-20(2)17-26(29(38)33-25(21(3)36)15-10-16-31)35-30(39)27(19-23-13-8-5-9-14-23)34-28(37)24(32)18-22-11-6-4-7-12-22/h4-9,11-14,20,24-27H,10,15-19,31-32H2,1-3H3,(H,33,38)(H,34,37)(H,35,39)/t24-,25-,26-,27-/m1/s1. The van der Waals surface area contributed by atoms with Crippen molar-refractivity contribution in [2.24, 2.45) is 17.4 Å². The van der Waals surface area contributed by atoms with Gasteiger partial charge < -0.3 is 27.4 Å². The van der Waals surface area contributed by atoms with Gasteiger partial charge >= 0.3 is 0 Å². The lowest BCUT2D eigenvalue weighted by atomic mass is 9.99. The number of Topliss-reactive ketones (excluding diaryl/α,β-unsaturated/α-hetero) is 1. The highest BCUT2D eigenvalue weighted by Gasteiger charge is 2.30. The molecular formula is C30H43N5O4. The Morgan fingerprint density at radius 3 is 1.72 bits per heavy atom. The predicted molar refractivity (Wildman–Crippen MR) is 152 cm³/mol. The minimum atomic E-state index is -0.954. The summed E-state index contributed by atoms with van der Waals surface area (Å²) in [7, 11) is 0. The van der Waals surface area contributed by atoms with E-state index < -0.39 is 41.9 Å². The first-order valence-corrected chi connectivity index (χ1v) is 13.6. The van der Waals surface area contributed by atoms with Crippen LogP contribution in [0.15, 0.2) is 60.7 Å². The Morgan fingerprint density at radius 1 is 0.718 bits per heavy atom. The van der Waals surface area contributed by atoms with Crippen LogP contribution < -0.4 is 27.4 Å². The van der Waals surface area contributed by atoms with E-state index in [1.165, 1.54) is 6.92 Å². The molecule has 212 valence electrons. The zero-order chi connectivity index (χ0) is 28.8. The van der Waals surface area contributed by atoms with Gasteiger partial charge in [0.2, 0.25) is 17.7 Å². The number of nitrogens with one attached hydrogen (secondary N) is 3. The Kier molecular flexibility index (Phi) is 13.3. The van der Waals surface area contributed by atoms with Crippen molar-refractivity contribution in [3.63, 3.8) is 0 Å². The van der Waals surface area contributed by atoms with Crippen LogP contribution in [-0.2, 0) is 32.0 Å². The van der Waals surface area contributed by atoms with Crippen LogP contribution in [-0.4, -0.2) is 54.2 Å². The molecule has 0 radical (unpaired) electrons. The molecule has 0 aromatic heterocycles. The van der Waals surface area contributed by atoms with Crippen molar-refractivity contribution in [2.75, 3.05) is 6.54 Å². The highest BCUT2D eigenvalue weighted by Crippen LogP contribution is 2.10. The van der Waals surface area contributed by atoms with Crippen molar-refractivity contribution in [1.82, 2.24) is 16.0 Å². The van der Waals surface area contributed by atoms with Gasteiger partial charge in [-0.2, -0.15) is 0 Å². The largest absolute Gasteiger partial charge is 0.345 e. The SMILES string of the molecule is CC(=O)[C@@H](CCCN)NC(=O)[C@@H](CC(C)C)NC(=O)[C@@H](Cc1ccccc1)NC(=O)[C@H](N)Cc1ccccc1. The molecule has 39 heavy (non-hydrogen) atoms. The lowest BCUT2D eigenvalue weighted by Crippen LogP contribution is -2.58. The van der Waals surface area contributed by atoms with E-state index in [2.05, 4.69) is 16.0 Å². The number of benzene rings is 2. The summed E-state index contributed by atoms with van der Waals surface area (Å²) < 4.78 is 0. The van der Waals surface area contributed by atoms with Crippen LogP contribution in [0, 0.1) is 5.92 Å². The third kappa shape index (κ3) is 11.4. The maximum atomic E-state index is 13.5. The molecule has 4 atom stereocenters. The molecule has 2 aromatic rings. The van der Waals surface area contributed by atoms with Crippen LogP contribution in [0.1, 0.15) is 51.2 Å². The van der Waals surface area contributed by atoms with Crippen molar-refractivity contribution in [1.29, 1.82) is 0 Å². The van der Waals surface area contributed by atoms with Crippen LogP contribution >= 0.6 is 0 Å². The van der Waals surface area contributed by atoms with Gasteiger partial charge in [-0.25, -0.2) is 0 Å². The second-order valence-corrected chi connectivity index (χ2v) is 10.3. The Hall–Kier alpha value is -3.56. The van der Waals surface area contributed by atoms with Crippen molar-refractivity contribution in [3.05, 3.63) is 71.8 Å². The maximum absolute atomic E-state index is 13.5. The van der Waals surface area contributed by atoms with Gasteiger partial charge in [-0.15, -0.1) is 0 Å². The van der Waals surface area contributed by atoms with Crippen LogP contribution in [0.25, 0.3) is 0 Å². The van der Waals surface area contributed by atoms with Gasteiger partial charge in [0.1, 0.15) is 12.1 Å². The molecule has 7 N–H and O–H groups in total. The Balaban J connectivity index is 2.19. The number of carbonyl (C=O) groups excluding carboxylic acids is 4. The van der Waals surface area contributed by atoms with Crippen molar-refractivity contribution in [2.45, 2.75) is 77.0 Å². The zero-order valence-electron chi connectivity index (χ0n) is 23.2. The molecule has 0 aliphatic carbocycles. The van der Waals surface area contributed by atoms with Crippen LogP contribution in [0.2, 0.25) is 0 Å². The smallest absolute Gasteiger partial charge is 0.243 e. The first-order valence-electron chi connectivity index (χ1n) is 13.6. The Bertz CT molecular complexity index is 1060. The van der Waals surface area contributed by atoms with E-state index in [9.17, 15) is 19.2 Å². The van der Waals surface area contributed by atoms with Gasteiger partial charge in [-0.1, -0.05) is 74.5 Å². The van der Waals surface area contributed by atoms with Gasteiger partial charge in [0.15, 0.2) is 5.78 Å². The average Bonchev–Trinajstić information content (AvgIpc) is 2.90. The van der Waals surface area contributed by atoms with Crippen LogP contribution in [0.5, 0.6) is 0 Å². The van der Waals surface area contributed by atoms with E-state index in [1.54, 1.807) is 0 Å². The van der Waals surface area contributed by atoms with E-state index in [0.717, 1.165) is 11.1 Å². The summed E-state index contributed by atoms with van der Waals surface area (Å²) >= 11 is 0. The van der Waals surface area contributed by atoms with E-state index in [4.69, 9.17) is 11.5 Å². The summed E-state index contributed by atoms with van der Waals surface area (Å²) in [6, 6.07) is 15.3. The fraction of sp³-hybridized carbons (Fsp3) is 0.467. The second-order valence-electron chi connectivity index (χ2n) is 10.3. The number of hydrogen-bond donors (Lipinski definition) is 5. The molecule has 2 rings (SSSR count). The predicted octanol–water partition coefficient (Wildman–Crippen LogP) is 1.63. The molecular weight excluding hydrogens is 494 g/mol. The van der Waals surface area contributed by atoms with E-state index in [1.807, 2.05) is 74.5 Å². The lowest BCUT2D eigenvalue weighted by molar-refractivity contribution is -0.133. The minimum absolute atomic E-state index is 0.0855. The molecule has 0 spiro atoms. The Morgan fingerprint density at radius 2 is 1.21 bits per heavy atom. The molecule has 0 fully saturated rings. The fourth-order valence-electron chi connectivity index (χ4n) is 4.25. The quantitative estimate of drug-likeness (QED) is 0.219. The molecule has 0 aliphatic heterocycles. The molecule has 0 bridgehead atoms. The minimum Gasteiger partial charge on any atom is -0.345 e. The summed E-state index contributed by atoms with van der Waals surface area (Å²) in [4.78, 5) is 51.8. The third-order valence-corrected chi connectivity index (χ3v) is 6.40. The van der Waals surface area contributed by atoms with Gasteiger partial charge in [0.25, 0.3) is 0 Å². The molecule has 9 nitrogen and oxygen atoms in total. The number of rotatable bonds is 16. The summed E-state index contributed by atoms with van der Waals surface area (Å²) in [6.45, 7) is 5.70. The molecule has 0 aliphatic rings. The average molecular weight is 538 g/mol. The molecule has 0 saturated carbocycles. The fourth-order valence-corrected chi connectivity index (χ4v) is 4.25. The summed E-state index contributed by atoms with van der Waals surface area (Å²) in [5.41, 5.74) is 13.5. The summed E-state index contributed by atoms with van der Waals surface area (Å²) in [6.07, 6.45) is 1.91. The molecule has 0 saturated heterocycles. The topological polar surface area (TPSA) is 156 Å². The lowest BCUT2D eigenvalue weighted by Gasteiger charge is -2.26. The number of amides is 3. The zero-order valence-corrected chi connectivity index (χ0v) is 23.2. The van der Waals surface area contributed by atoms with Gasteiger partial charge in [0, 0.05) is 6.42 Å². The third-order valence-electron chi connectivity index (χ3n) is 6.40.